The number of benzene rings is 2. The highest BCUT2D eigenvalue weighted by atomic mass is 32.1. The molecule has 1 atom stereocenters. The highest BCUT2D eigenvalue weighted by Gasteiger charge is 2.30. The minimum atomic E-state index is -1.03. The van der Waals surface area contributed by atoms with Crippen LogP contribution in [0.5, 0.6) is 0 Å². The molecule has 1 aromatic heterocycles. The van der Waals surface area contributed by atoms with E-state index in [2.05, 4.69) is 22.8 Å². The van der Waals surface area contributed by atoms with Crippen LogP contribution in [0.15, 0.2) is 53.9 Å². The molecule has 0 saturated heterocycles. The first-order chi connectivity index (χ1) is 14.6. The lowest BCUT2D eigenvalue weighted by molar-refractivity contribution is 0.0697. The van der Waals surface area contributed by atoms with Crippen molar-refractivity contribution < 1.29 is 19.8 Å². The van der Waals surface area contributed by atoms with Gasteiger partial charge in [-0.15, -0.1) is 11.3 Å². The summed E-state index contributed by atoms with van der Waals surface area (Å²) in [5, 5.41) is 26.7. The van der Waals surface area contributed by atoms with Gasteiger partial charge >= 0.3 is 5.97 Å². The Balaban J connectivity index is 1.57. The standard InChI is InChI=1S/C23H22N2O4S/c26-12-11-24-16-8-5-15(6-9-16)21(27)25-22-20(23(28)29)19(13-30-22)18-10-7-14-3-1-2-4-17(14)18/h1-6,8-9,13,18,24,26H,7,10-12H2,(H,25,27)(H,28,29). The van der Waals surface area contributed by atoms with Gasteiger partial charge in [0.25, 0.3) is 5.91 Å². The summed E-state index contributed by atoms with van der Waals surface area (Å²) in [5.41, 5.74) is 4.59. The maximum Gasteiger partial charge on any atom is 0.339 e. The largest absolute Gasteiger partial charge is 0.478 e. The number of aliphatic hydroxyl groups is 1. The number of hydrogen-bond donors (Lipinski definition) is 4. The van der Waals surface area contributed by atoms with Crippen LogP contribution in [0.3, 0.4) is 0 Å². The van der Waals surface area contributed by atoms with Crippen molar-refractivity contribution in [2.45, 2.75) is 18.8 Å². The van der Waals surface area contributed by atoms with Gasteiger partial charge in [-0.05, 0) is 59.2 Å². The van der Waals surface area contributed by atoms with Gasteiger partial charge in [-0.1, -0.05) is 24.3 Å². The van der Waals surface area contributed by atoms with Gasteiger partial charge in [0.15, 0.2) is 0 Å². The third-order valence-electron chi connectivity index (χ3n) is 5.36. The quantitative estimate of drug-likeness (QED) is 0.458. The summed E-state index contributed by atoms with van der Waals surface area (Å²) in [6.45, 7) is 0.447. The second-order valence-corrected chi connectivity index (χ2v) is 8.05. The maximum atomic E-state index is 12.7. The number of amides is 1. The zero-order valence-corrected chi connectivity index (χ0v) is 17.0. The van der Waals surface area contributed by atoms with Crippen LogP contribution < -0.4 is 10.6 Å². The minimum Gasteiger partial charge on any atom is -0.478 e. The summed E-state index contributed by atoms with van der Waals surface area (Å²) in [5.74, 6) is -1.35. The maximum absolute atomic E-state index is 12.7. The molecule has 1 aliphatic carbocycles. The molecular weight excluding hydrogens is 400 g/mol. The zero-order valence-electron chi connectivity index (χ0n) is 16.2. The van der Waals surface area contributed by atoms with Crippen molar-refractivity contribution >= 4 is 33.9 Å². The molecule has 1 heterocycles. The number of hydrogen-bond acceptors (Lipinski definition) is 5. The highest BCUT2D eigenvalue weighted by Crippen LogP contribution is 2.43. The van der Waals surface area contributed by atoms with Gasteiger partial charge in [-0.3, -0.25) is 4.79 Å². The number of carbonyl (C=O) groups excluding carboxylic acids is 1. The van der Waals surface area contributed by atoms with Crippen molar-refractivity contribution in [1.29, 1.82) is 0 Å². The minimum absolute atomic E-state index is 0.0202. The Morgan fingerprint density at radius 1 is 1.07 bits per heavy atom. The Morgan fingerprint density at radius 3 is 2.57 bits per heavy atom. The zero-order chi connectivity index (χ0) is 21.1. The summed E-state index contributed by atoms with van der Waals surface area (Å²) in [4.78, 5) is 24.7. The average Bonchev–Trinajstić information content (AvgIpc) is 3.36. The number of rotatable bonds is 7. The van der Waals surface area contributed by atoms with Crippen LogP contribution in [0.25, 0.3) is 0 Å². The molecular formula is C23H22N2O4S. The number of anilines is 2. The van der Waals surface area contributed by atoms with Gasteiger partial charge in [0, 0.05) is 23.7 Å². The Labute approximate surface area is 178 Å². The van der Waals surface area contributed by atoms with Gasteiger partial charge in [0.1, 0.15) is 5.00 Å². The number of aromatic carboxylic acids is 1. The van der Waals surface area contributed by atoms with Gasteiger partial charge in [-0.25, -0.2) is 4.79 Å². The fourth-order valence-electron chi connectivity index (χ4n) is 3.94. The van der Waals surface area contributed by atoms with E-state index in [1.807, 2.05) is 17.5 Å². The first-order valence-electron chi connectivity index (χ1n) is 9.77. The van der Waals surface area contributed by atoms with Gasteiger partial charge in [0.05, 0.1) is 12.2 Å². The van der Waals surface area contributed by atoms with E-state index in [9.17, 15) is 14.7 Å². The van der Waals surface area contributed by atoms with Gasteiger partial charge in [-0.2, -0.15) is 0 Å². The van der Waals surface area contributed by atoms with Gasteiger partial charge < -0.3 is 20.8 Å². The Hall–Kier alpha value is -3.16. The van der Waals surface area contributed by atoms with E-state index < -0.39 is 5.97 Å². The molecule has 0 radical (unpaired) electrons. The summed E-state index contributed by atoms with van der Waals surface area (Å²) >= 11 is 1.25. The molecule has 0 bridgehead atoms. The summed E-state index contributed by atoms with van der Waals surface area (Å²) in [6.07, 6.45) is 1.79. The van der Waals surface area contributed by atoms with Crippen LogP contribution in [0.2, 0.25) is 0 Å². The molecule has 154 valence electrons. The Bertz CT molecular complexity index is 1080. The molecule has 30 heavy (non-hydrogen) atoms. The lowest BCUT2D eigenvalue weighted by Gasteiger charge is -2.12. The lowest BCUT2D eigenvalue weighted by Crippen LogP contribution is -2.14. The van der Waals surface area contributed by atoms with Crippen LogP contribution >= 0.6 is 11.3 Å². The summed E-state index contributed by atoms with van der Waals surface area (Å²) in [6, 6.07) is 14.9. The number of thiophene rings is 1. The SMILES string of the molecule is O=C(Nc1scc(C2CCc3ccccc32)c1C(=O)O)c1ccc(NCCO)cc1. The van der Waals surface area contributed by atoms with Crippen molar-refractivity contribution in [3.05, 3.63) is 81.7 Å². The van der Waals surface area contributed by atoms with E-state index in [-0.39, 0.29) is 24.0 Å². The van der Waals surface area contributed by atoms with E-state index in [1.165, 1.54) is 22.5 Å². The molecule has 3 aromatic rings. The van der Waals surface area contributed by atoms with Crippen LogP contribution in [-0.2, 0) is 6.42 Å². The monoisotopic (exact) mass is 422 g/mol. The molecule has 6 nitrogen and oxygen atoms in total. The molecule has 1 amide bonds. The number of aliphatic hydroxyl groups excluding tert-OH is 1. The van der Waals surface area contributed by atoms with Gasteiger partial charge in [0.2, 0.25) is 0 Å². The van der Waals surface area contributed by atoms with Crippen LogP contribution in [-0.4, -0.2) is 35.2 Å². The van der Waals surface area contributed by atoms with Crippen molar-refractivity contribution in [1.82, 2.24) is 0 Å². The number of carboxylic acids is 1. The normalized spacial score (nSPS) is 14.9. The Morgan fingerprint density at radius 2 is 1.83 bits per heavy atom. The van der Waals surface area contributed by atoms with E-state index in [4.69, 9.17) is 5.11 Å². The number of nitrogens with one attached hydrogen (secondary N) is 2. The van der Waals surface area contributed by atoms with Crippen molar-refractivity contribution in [3.63, 3.8) is 0 Å². The Kier molecular flexibility index (Phi) is 5.83. The van der Waals surface area contributed by atoms with E-state index in [1.54, 1.807) is 24.3 Å². The first-order valence-corrected chi connectivity index (χ1v) is 10.6. The predicted octanol–water partition coefficient (Wildman–Crippen LogP) is 4.18. The lowest BCUT2D eigenvalue weighted by atomic mass is 9.92. The second-order valence-electron chi connectivity index (χ2n) is 7.17. The topological polar surface area (TPSA) is 98.7 Å². The van der Waals surface area contributed by atoms with E-state index in [0.717, 1.165) is 24.1 Å². The molecule has 1 unspecified atom stereocenters. The molecule has 1 aliphatic rings. The summed E-state index contributed by atoms with van der Waals surface area (Å²) in [7, 11) is 0. The predicted molar refractivity (Wildman–Crippen MR) is 118 cm³/mol. The average molecular weight is 423 g/mol. The molecule has 7 heteroatoms. The molecule has 0 saturated carbocycles. The molecule has 0 aliphatic heterocycles. The van der Waals surface area contributed by atoms with Crippen molar-refractivity contribution in [2.75, 3.05) is 23.8 Å². The second kappa shape index (κ2) is 8.69. The van der Waals surface area contributed by atoms with Crippen LogP contribution in [0.4, 0.5) is 10.7 Å². The van der Waals surface area contributed by atoms with Crippen molar-refractivity contribution in [2.24, 2.45) is 0 Å². The molecule has 2 aromatic carbocycles. The van der Waals surface area contributed by atoms with E-state index in [0.29, 0.717) is 17.1 Å². The molecule has 4 rings (SSSR count). The smallest absolute Gasteiger partial charge is 0.339 e. The first kappa shape index (κ1) is 20.1. The van der Waals surface area contributed by atoms with Crippen LogP contribution in [0, 0.1) is 0 Å². The number of carboxylic acid groups (broad SMARTS) is 1. The number of carbonyl (C=O) groups is 2. The summed E-state index contributed by atoms with van der Waals surface area (Å²) < 4.78 is 0. The highest BCUT2D eigenvalue weighted by molar-refractivity contribution is 7.15. The number of aryl methyl sites for hydroxylation is 1. The molecule has 4 N–H and O–H groups in total. The third-order valence-corrected chi connectivity index (χ3v) is 6.27. The third kappa shape index (κ3) is 3.94. The van der Waals surface area contributed by atoms with E-state index >= 15 is 0 Å². The van der Waals surface area contributed by atoms with Crippen LogP contribution in [0.1, 0.15) is 49.7 Å². The number of fused-ring (bicyclic) bond motifs is 1. The molecule has 0 spiro atoms. The molecule has 0 fully saturated rings. The van der Waals surface area contributed by atoms with Crippen molar-refractivity contribution in [3.8, 4) is 0 Å². The fraction of sp³-hybridized carbons (Fsp3) is 0.217. The fourth-order valence-corrected chi connectivity index (χ4v) is 4.94.